The molecule has 0 heterocycles. The lowest BCUT2D eigenvalue weighted by atomic mass is 10.1. The van der Waals surface area contributed by atoms with E-state index in [1.807, 2.05) is 38.1 Å². The molecule has 2 N–H and O–H groups in total. The maximum atomic E-state index is 12.6. The molecule has 144 valence electrons. The molecule has 5 nitrogen and oxygen atoms in total. The molecule has 0 aliphatic rings. The molecule has 0 spiro atoms. The molecule has 6 heteroatoms. The van der Waals surface area contributed by atoms with Gasteiger partial charge in [-0.05, 0) is 49.7 Å². The Labute approximate surface area is 165 Å². The quantitative estimate of drug-likeness (QED) is 0.655. The Kier molecular flexibility index (Phi) is 5.80. The van der Waals surface area contributed by atoms with Gasteiger partial charge in [-0.15, -0.1) is 0 Å². The maximum Gasteiger partial charge on any atom is 0.261 e. The van der Waals surface area contributed by atoms with Crippen molar-refractivity contribution in [3.63, 3.8) is 0 Å². The van der Waals surface area contributed by atoms with Crippen molar-refractivity contribution in [3.05, 3.63) is 95.6 Å². The zero-order valence-corrected chi connectivity index (χ0v) is 16.5. The lowest BCUT2D eigenvalue weighted by Gasteiger charge is -2.15. The van der Waals surface area contributed by atoms with Crippen molar-refractivity contribution in [1.82, 2.24) is 5.32 Å². The van der Waals surface area contributed by atoms with Crippen molar-refractivity contribution in [3.8, 4) is 0 Å². The fourth-order valence-corrected chi connectivity index (χ4v) is 3.85. The first-order valence-electron chi connectivity index (χ1n) is 8.90. The molecular formula is C22H22N2O3S. The van der Waals surface area contributed by atoms with Crippen LogP contribution in [0.5, 0.6) is 0 Å². The lowest BCUT2D eigenvalue weighted by molar-refractivity contribution is 0.0939. The first-order chi connectivity index (χ1) is 13.3. The highest BCUT2D eigenvalue weighted by Crippen LogP contribution is 2.18. The smallest absolute Gasteiger partial charge is 0.261 e. The summed E-state index contributed by atoms with van der Waals surface area (Å²) >= 11 is 0. The lowest BCUT2D eigenvalue weighted by Crippen LogP contribution is -2.27. The van der Waals surface area contributed by atoms with Crippen molar-refractivity contribution < 1.29 is 13.2 Å². The second-order valence-corrected chi connectivity index (χ2v) is 8.29. The van der Waals surface area contributed by atoms with Crippen LogP contribution in [-0.4, -0.2) is 14.3 Å². The minimum Gasteiger partial charge on any atom is -0.346 e. The van der Waals surface area contributed by atoms with Crippen LogP contribution in [0.3, 0.4) is 0 Å². The molecule has 0 radical (unpaired) electrons. The summed E-state index contributed by atoms with van der Waals surface area (Å²) in [4.78, 5) is 12.6. The SMILES string of the molecule is Cc1ccc([C@H](C)NC(=O)c2cccc(S(=O)(=O)Nc3ccccc3)c2)cc1. The van der Waals surface area contributed by atoms with Crippen LogP contribution in [0, 0.1) is 6.92 Å². The molecule has 1 atom stereocenters. The Hall–Kier alpha value is -3.12. The Morgan fingerprint density at radius 3 is 2.25 bits per heavy atom. The topological polar surface area (TPSA) is 75.3 Å². The summed E-state index contributed by atoms with van der Waals surface area (Å²) in [5.74, 6) is -0.329. The predicted octanol–water partition coefficient (Wildman–Crippen LogP) is 4.29. The van der Waals surface area contributed by atoms with Crippen LogP contribution in [0.1, 0.15) is 34.5 Å². The molecular weight excluding hydrogens is 372 g/mol. The van der Waals surface area contributed by atoms with Crippen LogP contribution >= 0.6 is 0 Å². The minimum absolute atomic E-state index is 0.0343. The second kappa shape index (κ2) is 8.27. The number of hydrogen-bond donors (Lipinski definition) is 2. The van der Waals surface area contributed by atoms with Gasteiger partial charge in [-0.3, -0.25) is 9.52 Å². The fraction of sp³-hybridized carbons (Fsp3) is 0.136. The molecule has 1 amide bonds. The third kappa shape index (κ3) is 4.78. The second-order valence-electron chi connectivity index (χ2n) is 6.61. The number of para-hydroxylation sites is 1. The van der Waals surface area contributed by atoms with Crippen molar-refractivity contribution in [2.45, 2.75) is 24.8 Å². The largest absolute Gasteiger partial charge is 0.346 e. The van der Waals surface area contributed by atoms with Crippen LogP contribution in [0.25, 0.3) is 0 Å². The number of carbonyl (C=O) groups is 1. The van der Waals surface area contributed by atoms with Crippen LogP contribution in [0.4, 0.5) is 5.69 Å². The van der Waals surface area contributed by atoms with E-state index in [0.29, 0.717) is 5.69 Å². The van der Waals surface area contributed by atoms with E-state index < -0.39 is 10.0 Å². The molecule has 0 aliphatic carbocycles. The number of carbonyl (C=O) groups excluding carboxylic acids is 1. The van der Waals surface area contributed by atoms with E-state index in [4.69, 9.17) is 0 Å². The summed E-state index contributed by atoms with van der Waals surface area (Å²) < 4.78 is 27.7. The molecule has 0 bridgehead atoms. The van der Waals surface area contributed by atoms with Crippen molar-refractivity contribution >= 4 is 21.6 Å². The van der Waals surface area contributed by atoms with Gasteiger partial charge in [0, 0.05) is 11.3 Å². The van der Waals surface area contributed by atoms with E-state index in [1.165, 1.54) is 12.1 Å². The molecule has 28 heavy (non-hydrogen) atoms. The Balaban J connectivity index is 1.76. The summed E-state index contributed by atoms with van der Waals surface area (Å²) in [6, 6.07) is 22.3. The summed E-state index contributed by atoms with van der Waals surface area (Å²) in [6.07, 6.45) is 0. The van der Waals surface area contributed by atoms with Crippen LogP contribution in [-0.2, 0) is 10.0 Å². The third-order valence-corrected chi connectivity index (χ3v) is 5.74. The highest BCUT2D eigenvalue weighted by atomic mass is 32.2. The minimum atomic E-state index is -3.78. The Morgan fingerprint density at radius 1 is 0.893 bits per heavy atom. The monoisotopic (exact) mass is 394 g/mol. The zero-order chi connectivity index (χ0) is 20.1. The van der Waals surface area contributed by atoms with Gasteiger partial charge < -0.3 is 5.32 Å². The van der Waals surface area contributed by atoms with E-state index in [2.05, 4.69) is 10.0 Å². The van der Waals surface area contributed by atoms with Crippen molar-refractivity contribution in [2.24, 2.45) is 0 Å². The number of amides is 1. The molecule has 0 unspecified atom stereocenters. The number of aryl methyl sites for hydroxylation is 1. The van der Waals surface area contributed by atoms with Crippen LogP contribution in [0.2, 0.25) is 0 Å². The predicted molar refractivity (Wildman–Crippen MR) is 111 cm³/mol. The average Bonchev–Trinajstić information content (AvgIpc) is 2.69. The first kappa shape index (κ1) is 19.6. The third-order valence-electron chi connectivity index (χ3n) is 4.36. The van der Waals surface area contributed by atoms with Gasteiger partial charge in [-0.2, -0.15) is 0 Å². The van der Waals surface area contributed by atoms with Gasteiger partial charge in [0.2, 0.25) is 0 Å². The summed E-state index contributed by atoms with van der Waals surface area (Å²) in [7, 11) is -3.78. The molecule has 0 saturated heterocycles. The highest BCUT2D eigenvalue weighted by molar-refractivity contribution is 7.92. The molecule has 3 aromatic rings. The van der Waals surface area contributed by atoms with Gasteiger partial charge in [0.25, 0.3) is 15.9 Å². The van der Waals surface area contributed by atoms with E-state index in [1.54, 1.807) is 42.5 Å². The van der Waals surface area contributed by atoms with Crippen molar-refractivity contribution in [2.75, 3.05) is 4.72 Å². The van der Waals surface area contributed by atoms with Gasteiger partial charge >= 0.3 is 0 Å². The van der Waals surface area contributed by atoms with E-state index in [9.17, 15) is 13.2 Å². The summed E-state index contributed by atoms with van der Waals surface area (Å²) in [5.41, 5.74) is 2.87. The molecule has 3 aromatic carbocycles. The van der Waals surface area contributed by atoms with Gasteiger partial charge in [-0.25, -0.2) is 8.42 Å². The number of benzene rings is 3. The van der Waals surface area contributed by atoms with Gasteiger partial charge in [0.15, 0.2) is 0 Å². The number of hydrogen-bond acceptors (Lipinski definition) is 3. The number of rotatable bonds is 6. The highest BCUT2D eigenvalue weighted by Gasteiger charge is 2.17. The Morgan fingerprint density at radius 2 is 1.57 bits per heavy atom. The molecule has 3 rings (SSSR count). The molecule has 0 saturated carbocycles. The van der Waals surface area contributed by atoms with Crippen LogP contribution in [0.15, 0.2) is 83.8 Å². The average molecular weight is 394 g/mol. The van der Waals surface area contributed by atoms with Gasteiger partial charge in [0.1, 0.15) is 0 Å². The molecule has 0 aromatic heterocycles. The zero-order valence-electron chi connectivity index (χ0n) is 15.7. The van der Waals surface area contributed by atoms with E-state index in [0.717, 1.165) is 11.1 Å². The molecule has 0 aliphatic heterocycles. The van der Waals surface area contributed by atoms with Gasteiger partial charge in [0.05, 0.1) is 10.9 Å². The fourth-order valence-electron chi connectivity index (χ4n) is 2.74. The van der Waals surface area contributed by atoms with E-state index >= 15 is 0 Å². The number of sulfonamides is 1. The molecule has 0 fully saturated rings. The maximum absolute atomic E-state index is 12.6. The summed E-state index contributed by atoms with van der Waals surface area (Å²) in [6.45, 7) is 3.89. The van der Waals surface area contributed by atoms with Gasteiger partial charge in [-0.1, -0.05) is 54.1 Å². The number of anilines is 1. The first-order valence-corrected chi connectivity index (χ1v) is 10.4. The normalized spacial score (nSPS) is 12.2. The van der Waals surface area contributed by atoms with Crippen molar-refractivity contribution in [1.29, 1.82) is 0 Å². The Bertz CT molecular complexity index is 1060. The summed E-state index contributed by atoms with van der Waals surface area (Å²) in [5, 5.41) is 2.91. The van der Waals surface area contributed by atoms with Crippen LogP contribution < -0.4 is 10.0 Å². The number of nitrogens with one attached hydrogen (secondary N) is 2. The standard InChI is InChI=1S/C22H22N2O3S/c1-16-11-13-18(14-12-16)17(2)23-22(25)19-7-6-10-21(15-19)28(26,27)24-20-8-4-3-5-9-20/h3-15,17,24H,1-2H3,(H,23,25)/t17-/m0/s1. The van der Waals surface area contributed by atoms with E-state index in [-0.39, 0.29) is 22.4 Å².